The zero-order chi connectivity index (χ0) is 25.5. The minimum atomic E-state index is -0.772. The summed E-state index contributed by atoms with van der Waals surface area (Å²) in [6.45, 7) is 6.48. The van der Waals surface area contributed by atoms with Gasteiger partial charge < -0.3 is 20.0 Å². The number of carbonyl (C=O) groups is 1. The lowest BCUT2D eigenvalue weighted by atomic mass is 10.1. The maximum Gasteiger partial charge on any atom is 0.329 e. The summed E-state index contributed by atoms with van der Waals surface area (Å²) in [6.07, 6.45) is 4.59. The molecule has 1 aliphatic rings. The maximum atomic E-state index is 12.8. The van der Waals surface area contributed by atoms with Gasteiger partial charge in [-0.05, 0) is 55.2 Å². The smallest absolute Gasteiger partial charge is 0.329 e. The summed E-state index contributed by atoms with van der Waals surface area (Å²) in [5.74, 6) is 0.910. The molecule has 0 saturated carbocycles. The van der Waals surface area contributed by atoms with Gasteiger partial charge in [0.05, 0.1) is 25.0 Å². The third-order valence-corrected chi connectivity index (χ3v) is 6.55. The number of hydrogen-bond acceptors (Lipinski definition) is 9. The molecule has 1 aliphatic heterocycles. The normalized spacial score (nSPS) is 18.7. The number of rotatable bonds is 12. The van der Waals surface area contributed by atoms with Crippen LogP contribution >= 0.6 is 0 Å². The van der Waals surface area contributed by atoms with Gasteiger partial charge in [-0.3, -0.25) is 9.63 Å². The number of nitrogen functional groups attached to an aromatic ring is 1. The Kier molecular flexibility index (Phi) is 8.74. The molecule has 0 radical (unpaired) electrons. The van der Waals surface area contributed by atoms with Crippen LogP contribution in [0.5, 0.6) is 5.75 Å². The van der Waals surface area contributed by atoms with Crippen LogP contribution in [-0.2, 0) is 19.1 Å². The van der Waals surface area contributed by atoms with Crippen molar-refractivity contribution in [3.63, 3.8) is 0 Å². The molecule has 36 heavy (non-hydrogen) atoms. The molecule has 0 bridgehead atoms. The van der Waals surface area contributed by atoms with Gasteiger partial charge in [0, 0.05) is 0 Å². The Bertz CT molecular complexity index is 1120. The van der Waals surface area contributed by atoms with Crippen molar-refractivity contribution in [3.05, 3.63) is 54.5 Å². The van der Waals surface area contributed by atoms with Crippen LogP contribution in [0.1, 0.15) is 58.3 Å². The number of esters is 1. The number of anilines is 1. The first-order valence-electron chi connectivity index (χ1n) is 12.6. The number of para-hydroxylation sites is 1. The Morgan fingerprint density at radius 3 is 2.72 bits per heavy atom. The lowest BCUT2D eigenvalue weighted by molar-refractivity contribution is -0.341. The van der Waals surface area contributed by atoms with Gasteiger partial charge >= 0.3 is 5.97 Å². The Morgan fingerprint density at radius 1 is 1.19 bits per heavy atom. The van der Waals surface area contributed by atoms with Crippen molar-refractivity contribution < 1.29 is 23.9 Å². The lowest BCUT2D eigenvalue weighted by Crippen LogP contribution is -2.44. The molecule has 3 atom stereocenters. The van der Waals surface area contributed by atoms with E-state index in [2.05, 4.69) is 23.9 Å². The van der Waals surface area contributed by atoms with E-state index in [1.54, 1.807) is 23.6 Å². The number of benzene rings is 1. The first kappa shape index (κ1) is 25.9. The Hall–Kier alpha value is -3.21. The summed E-state index contributed by atoms with van der Waals surface area (Å²) in [4.78, 5) is 28.7. The standard InChI is InChI=1S/C26H35N5O5/c1-4-19(5-2)15-33-26(32)18(3)31(36-20-9-7-6-8-10-20)34-16-21-11-14-24(35-21)22-12-13-23-25(27)28-17-29-30(22)23/h6-10,12-13,17-19,21,24H,4-5,11,14-16H2,1-3H3,(H2,27,28,29). The molecule has 0 amide bonds. The number of hydrogen-bond donors (Lipinski definition) is 1. The Balaban J connectivity index is 1.38. The molecule has 0 spiro atoms. The predicted octanol–water partition coefficient (Wildman–Crippen LogP) is 4.13. The zero-order valence-corrected chi connectivity index (χ0v) is 21.1. The van der Waals surface area contributed by atoms with E-state index < -0.39 is 12.0 Å². The summed E-state index contributed by atoms with van der Waals surface area (Å²) in [7, 11) is 0. The van der Waals surface area contributed by atoms with Gasteiger partial charge in [-0.25, -0.2) is 9.50 Å². The second-order valence-electron chi connectivity index (χ2n) is 9.00. The first-order chi connectivity index (χ1) is 17.5. The fourth-order valence-corrected chi connectivity index (χ4v) is 4.15. The van der Waals surface area contributed by atoms with E-state index in [0.717, 1.165) is 36.9 Å². The van der Waals surface area contributed by atoms with Gasteiger partial charge in [0.1, 0.15) is 17.9 Å². The van der Waals surface area contributed by atoms with Crippen molar-refractivity contribution in [2.24, 2.45) is 5.92 Å². The molecule has 1 fully saturated rings. The fourth-order valence-electron chi connectivity index (χ4n) is 4.15. The highest BCUT2D eigenvalue weighted by Crippen LogP contribution is 2.34. The van der Waals surface area contributed by atoms with Crippen molar-refractivity contribution in [2.45, 2.75) is 64.7 Å². The second kappa shape index (κ2) is 12.2. The highest BCUT2D eigenvalue weighted by Gasteiger charge is 2.32. The number of nitrogens with two attached hydrogens (primary N) is 1. The second-order valence-corrected chi connectivity index (χ2v) is 9.00. The van der Waals surface area contributed by atoms with E-state index in [9.17, 15) is 4.79 Å². The van der Waals surface area contributed by atoms with Crippen molar-refractivity contribution in [2.75, 3.05) is 18.9 Å². The molecule has 194 valence electrons. The van der Waals surface area contributed by atoms with Crippen LogP contribution in [0.15, 0.2) is 48.8 Å². The van der Waals surface area contributed by atoms with Crippen LogP contribution in [0, 0.1) is 5.92 Å². The van der Waals surface area contributed by atoms with Gasteiger partial charge in [-0.1, -0.05) is 44.9 Å². The third kappa shape index (κ3) is 6.13. The summed E-state index contributed by atoms with van der Waals surface area (Å²) in [6, 6.07) is 12.3. The number of ether oxygens (including phenoxy) is 2. The number of aromatic nitrogens is 3. The van der Waals surface area contributed by atoms with Crippen molar-refractivity contribution in [3.8, 4) is 5.75 Å². The van der Waals surface area contributed by atoms with Gasteiger partial charge in [-0.15, -0.1) is 0 Å². The number of carbonyl (C=O) groups excluding carboxylic acids is 1. The monoisotopic (exact) mass is 497 g/mol. The van der Waals surface area contributed by atoms with Crippen LogP contribution in [-0.4, -0.2) is 51.2 Å². The molecule has 3 aromatic rings. The van der Waals surface area contributed by atoms with Crippen molar-refractivity contribution >= 4 is 17.3 Å². The molecule has 2 aromatic heterocycles. The third-order valence-electron chi connectivity index (χ3n) is 6.55. The van der Waals surface area contributed by atoms with Gasteiger partial charge in [-0.2, -0.15) is 5.10 Å². The minimum absolute atomic E-state index is 0.152. The van der Waals surface area contributed by atoms with E-state index in [4.69, 9.17) is 24.9 Å². The van der Waals surface area contributed by atoms with Crippen LogP contribution in [0.2, 0.25) is 0 Å². The molecule has 10 heteroatoms. The molecular weight excluding hydrogens is 462 g/mol. The van der Waals surface area contributed by atoms with E-state index in [1.165, 1.54) is 11.6 Å². The highest BCUT2D eigenvalue weighted by molar-refractivity contribution is 5.75. The van der Waals surface area contributed by atoms with Crippen LogP contribution in [0.4, 0.5) is 5.82 Å². The Morgan fingerprint density at radius 2 is 1.97 bits per heavy atom. The van der Waals surface area contributed by atoms with Gasteiger partial charge in [0.2, 0.25) is 0 Å². The van der Waals surface area contributed by atoms with Crippen LogP contribution in [0.25, 0.3) is 5.52 Å². The number of hydroxylamine groups is 2. The quantitative estimate of drug-likeness (QED) is 0.291. The lowest BCUT2D eigenvalue weighted by Gasteiger charge is -2.27. The van der Waals surface area contributed by atoms with Gasteiger partial charge in [0.25, 0.3) is 0 Å². The topological polar surface area (TPSA) is 113 Å². The highest BCUT2D eigenvalue weighted by atomic mass is 17.0. The minimum Gasteiger partial charge on any atom is -0.464 e. The molecular formula is C26H35N5O5. The summed E-state index contributed by atoms with van der Waals surface area (Å²) in [5.41, 5.74) is 7.62. The first-order valence-corrected chi connectivity index (χ1v) is 12.6. The van der Waals surface area contributed by atoms with E-state index in [1.807, 2.05) is 30.3 Å². The maximum absolute atomic E-state index is 12.8. The average Bonchev–Trinajstić information content (AvgIpc) is 3.55. The summed E-state index contributed by atoms with van der Waals surface area (Å²) in [5, 5.41) is 5.52. The molecule has 1 aromatic carbocycles. The predicted molar refractivity (Wildman–Crippen MR) is 134 cm³/mol. The van der Waals surface area contributed by atoms with Crippen LogP contribution < -0.4 is 10.6 Å². The van der Waals surface area contributed by atoms with E-state index in [-0.39, 0.29) is 18.8 Å². The number of fused-ring (bicyclic) bond motifs is 1. The van der Waals surface area contributed by atoms with Crippen LogP contribution in [0.3, 0.4) is 0 Å². The average molecular weight is 498 g/mol. The number of nitrogens with zero attached hydrogens (tertiary/aromatic N) is 4. The van der Waals surface area contributed by atoms with Crippen molar-refractivity contribution in [1.29, 1.82) is 0 Å². The van der Waals surface area contributed by atoms with E-state index in [0.29, 0.717) is 24.1 Å². The van der Waals surface area contributed by atoms with E-state index >= 15 is 0 Å². The molecule has 4 rings (SSSR count). The molecule has 10 nitrogen and oxygen atoms in total. The molecule has 2 N–H and O–H groups in total. The zero-order valence-electron chi connectivity index (χ0n) is 21.1. The molecule has 0 aliphatic carbocycles. The SMILES string of the molecule is CCC(CC)COC(=O)C(C)N(OCC1CCC(c2ccc3c(N)ncnn23)O1)Oc1ccccc1. The molecule has 3 unspecified atom stereocenters. The van der Waals surface area contributed by atoms with Gasteiger partial charge in [0.15, 0.2) is 17.6 Å². The Labute approximate surface area is 211 Å². The largest absolute Gasteiger partial charge is 0.464 e. The molecule has 1 saturated heterocycles. The summed E-state index contributed by atoms with van der Waals surface area (Å²) >= 11 is 0. The fraction of sp³-hybridized carbons (Fsp3) is 0.500. The van der Waals surface area contributed by atoms with Crippen molar-refractivity contribution in [1.82, 2.24) is 19.8 Å². The molecule has 3 heterocycles. The summed E-state index contributed by atoms with van der Waals surface area (Å²) < 4.78 is 13.6.